The third-order valence-electron chi connectivity index (χ3n) is 4.64. The number of sulfonamides is 1. The number of oxime groups is 1. The van der Waals surface area contributed by atoms with Gasteiger partial charge < -0.3 is 10.2 Å². The van der Waals surface area contributed by atoms with Gasteiger partial charge in [0.25, 0.3) is 5.91 Å². The van der Waals surface area contributed by atoms with E-state index in [4.69, 9.17) is 4.84 Å². The van der Waals surface area contributed by atoms with Gasteiger partial charge in [-0.25, -0.2) is 8.42 Å². The maximum atomic E-state index is 12.4. The molecule has 1 aromatic rings. The first-order chi connectivity index (χ1) is 12.4. The zero-order valence-corrected chi connectivity index (χ0v) is 15.7. The molecule has 8 nitrogen and oxygen atoms in total. The maximum absolute atomic E-state index is 12.4. The summed E-state index contributed by atoms with van der Waals surface area (Å²) in [5.74, 6) is -0.165. The second-order valence-electron chi connectivity index (χ2n) is 6.79. The zero-order valence-electron chi connectivity index (χ0n) is 14.8. The van der Waals surface area contributed by atoms with Gasteiger partial charge in [-0.1, -0.05) is 18.1 Å². The monoisotopic (exact) mass is 380 g/mol. The van der Waals surface area contributed by atoms with Crippen molar-refractivity contribution in [1.29, 1.82) is 0 Å². The summed E-state index contributed by atoms with van der Waals surface area (Å²) in [5.41, 5.74) is 0.480. The van der Waals surface area contributed by atoms with Gasteiger partial charge in [-0.05, 0) is 30.9 Å². The smallest absolute Gasteiger partial charge is 0.269 e. The minimum atomic E-state index is -3.29. The maximum Gasteiger partial charge on any atom is 0.269 e. The molecule has 142 valence electrons. The number of carbonyl (C=O) groups is 1. The fourth-order valence-electron chi connectivity index (χ4n) is 3.33. The number of carbonyl (C=O) groups excluding carboxylic acids is 1. The van der Waals surface area contributed by atoms with Gasteiger partial charge in [0, 0.05) is 31.9 Å². The van der Waals surface area contributed by atoms with Crippen molar-refractivity contribution in [1.82, 2.24) is 14.6 Å². The lowest BCUT2D eigenvalue weighted by Gasteiger charge is -2.37. The second-order valence-corrected chi connectivity index (χ2v) is 8.87. The van der Waals surface area contributed by atoms with E-state index in [1.54, 1.807) is 18.5 Å². The lowest BCUT2D eigenvalue weighted by Crippen LogP contribution is -2.51. The Hall–Kier alpha value is -2.00. The highest BCUT2D eigenvalue weighted by Gasteiger charge is 2.46. The van der Waals surface area contributed by atoms with Crippen LogP contribution in [0.4, 0.5) is 0 Å². The summed E-state index contributed by atoms with van der Waals surface area (Å²) in [6.07, 6.45) is 5.64. The largest absolute Gasteiger partial charge is 0.387 e. The van der Waals surface area contributed by atoms with Crippen LogP contribution in [0.15, 0.2) is 29.7 Å². The second kappa shape index (κ2) is 7.71. The molecule has 2 aliphatic heterocycles. The number of nitrogens with zero attached hydrogens (tertiary/aromatic N) is 3. The van der Waals surface area contributed by atoms with Crippen molar-refractivity contribution in [2.75, 3.05) is 18.8 Å². The first kappa shape index (κ1) is 18.8. The van der Waals surface area contributed by atoms with Crippen molar-refractivity contribution in [3.63, 3.8) is 0 Å². The van der Waals surface area contributed by atoms with Crippen LogP contribution in [0.1, 0.15) is 38.2 Å². The molecule has 0 aromatic carbocycles. The van der Waals surface area contributed by atoms with Gasteiger partial charge >= 0.3 is 0 Å². The molecule has 1 amide bonds. The molecule has 2 aliphatic rings. The van der Waals surface area contributed by atoms with Gasteiger partial charge in [0.05, 0.1) is 12.3 Å². The van der Waals surface area contributed by atoms with Crippen molar-refractivity contribution in [3.8, 4) is 0 Å². The molecule has 1 fully saturated rings. The molecule has 1 aromatic heterocycles. The lowest BCUT2D eigenvalue weighted by atomic mass is 9.89. The highest BCUT2D eigenvalue weighted by molar-refractivity contribution is 7.89. The molecule has 1 spiro atoms. The Kier molecular flexibility index (Phi) is 5.57. The number of nitrogens with one attached hydrogen (secondary N) is 1. The van der Waals surface area contributed by atoms with Crippen molar-refractivity contribution in [2.24, 2.45) is 5.16 Å². The van der Waals surface area contributed by atoms with Crippen molar-refractivity contribution < 1.29 is 18.0 Å². The molecule has 0 saturated carbocycles. The van der Waals surface area contributed by atoms with Crippen LogP contribution >= 0.6 is 0 Å². The molecule has 3 rings (SSSR count). The number of amides is 1. The van der Waals surface area contributed by atoms with Crippen LogP contribution in [0.3, 0.4) is 0 Å². The quantitative estimate of drug-likeness (QED) is 0.795. The van der Waals surface area contributed by atoms with E-state index < -0.39 is 15.6 Å². The van der Waals surface area contributed by atoms with Crippen LogP contribution < -0.4 is 5.32 Å². The number of pyridine rings is 1. The van der Waals surface area contributed by atoms with Crippen molar-refractivity contribution in [2.45, 2.75) is 44.8 Å². The van der Waals surface area contributed by atoms with Gasteiger partial charge in [0.1, 0.15) is 5.71 Å². The number of hydrogen-bond acceptors (Lipinski definition) is 6. The van der Waals surface area contributed by atoms with Crippen molar-refractivity contribution in [3.05, 3.63) is 30.1 Å². The van der Waals surface area contributed by atoms with E-state index in [-0.39, 0.29) is 18.2 Å². The predicted octanol–water partition coefficient (Wildman–Crippen LogP) is 1.05. The third-order valence-corrected chi connectivity index (χ3v) is 6.66. The number of hydrogen-bond donors (Lipinski definition) is 1. The zero-order chi connectivity index (χ0) is 18.6. The van der Waals surface area contributed by atoms with Crippen molar-refractivity contribution >= 4 is 21.6 Å². The Bertz CT molecular complexity index is 781. The van der Waals surface area contributed by atoms with E-state index in [2.05, 4.69) is 15.5 Å². The van der Waals surface area contributed by atoms with Crippen LogP contribution in [0.5, 0.6) is 0 Å². The minimum Gasteiger partial charge on any atom is -0.387 e. The fraction of sp³-hybridized carbons (Fsp3) is 0.588. The van der Waals surface area contributed by atoms with Crippen LogP contribution in [-0.4, -0.2) is 53.8 Å². The highest BCUT2D eigenvalue weighted by Crippen LogP contribution is 2.34. The summed E-state index contributed by atoms with van der Waals surface area (Å²) in [5, 5.41) is 6.76. The Balaban J connectivity index is 1.58. The summed E-state index contributed by atoms with van der Waals surface area (Å²) in [7, 11) is -3.29. The van der Waals surface area contributed by atoms with Gasteiger partial charge in [0.15, 0.2) is 5.60 Å². The summed E-state index contributed by atoms with van der Waals surface area (Å²) in [4.78, 5) is 21.9. The standard InChI is InChI=1S/C17H24N4O4S/c1-2-9-26(23,24)21-8-4-6-17(13-21)10-15(20-25-17)16(22)19-12-14-5-3-7-18-11-14/h3,5,7,11H,2,4,6,8-10,12-13H2,1H3,(H,19,22). The average Bonchev–Trinajstić information content (AvgIpc) is 3.04. The predicted molar refractivity (Wildman–Crippen MR) is 96.8 cm³/mol. The molecule has 1 atom stereocenters. The molecule has 0 aliphatic carbocycles. The Morgan fingerprint density at radius 2 is 2.31 bits per heavy atom. The molecule has 1 unspecified atom stereocenters. The van der Waals surface area contributed by atoms with Gasteiger partial charge in [-0.15, -0.1) is 0 Å². The van der Waals surface area contributed by atoms with Gasteiger partial charge in [-0.3, -0.25) is 9.78 Å². The van der Waals surface area contributed by atoms with Gasteiger partial charge in [0.2, 0.25) is 10.0 Å². The van der Waals surface area contributed by atoms with E-state index in [1.807, 2.05) is 13.0 Å². The summed E-state index contributed by atoms with van der Waals surface area (Å²) >= 11 is 0. The highest BCUT2D eigenvalue weighted by atomic mass is 32.2. The van der Waals surface area contributed by atoms with E-state index in [1.165, 1.54) is 4.31 Å². The Labute approximate surface area is 153 Å². The number of aromatic nitrogens is 1. The van der Waals surface area contributed by atoms with Crippen LogP contribution in [-0.2, 0) is 26.2 Å². The van der Waals surface area contributed by atoms with Gasteiger partial charge in [-0.2, -0.15) is 4.31 Å². The summed E-state index contributed by atoms with van der Waals surface area (Å²) in [6.45, 7) is 2.95. The summed E-state index contributed by atoms with van der Waals surface area (Å²) in [6, 6.07) is 3.68. The molecular weight excluding hydrogens is 356 g/mol. The molecule has 0 radical (unpaired) electrons. The van der Waals surface area contributed by atoms with E-state index in [0.717, 1.165) is 5.56 Å². The van der Waals surface area contributed by atoms with E-state index in [0.29, 0.717) is 44.5 Å². The summed E-state index contributed by atoms with van der Waals surface area (Å²) < 4.78 is 26.2. The van der Waals surface area contributed by atoms with E-state index in [9.17, 15) is 13.2 Å². The van der Waals surface area contributed by atoms with Crippen LogP contribution in [0.2, 0.25) is 0 Å². The van der Waals surface area contributed by atoms with Crippen LogP contribution in [0.25, 0.3) is 0 Å². The average molecular weight is 380 g/mol. The molecule has 26 heavy (non-hydrogen) atoms. The number of rotatable bonds is 6. The SMILES string of the molecule is CCCS(=O)(=O)N1CCCC2(CC(C(=O)NCc3cccnc3)=NO2)C1. The first-order valence-corrected chi connectivity index (χ1v) is 10.4. The van der Waals surface area contributed by atoms with Crippen LogP contribution in [0, 0.1) is 0 Å². The molecule has 0 bridgehead atoms. The number of piperidine rings is 1. The minimum absolute atomic E-state index is 0.127. The first-order valence-electron chi connectivity index (χ1n) is 8.84. The fourth-order valence-corrected chi connectivity index (χ4v) is 4.94. The normalized spacial score (nSPS) is 23.5. The molecule has 1 saturated heterocycles. The lowest BCUT2D eigenvalue weighted by molar-refractivity contribution is -0.115. The molecule has 9 heteroatoms. The third kappa shape index (κ3) is 4.21. The topological polar surface area (TPSA) is 101 Å². The molecule has 1 N–H and O–H groups in total. The Morgan fingerprint density at radius 1 is 1.46 bits per heavy atom. The molecular formula is C17H24N4O4S. The Morgan fingerprint density at radius 3 is 3.04 bits per heavy atom. The van der Waals surface area contributed by atoms with E-state index >= 15 is 0 Å². The molecule has 3 heterocycles.